The van der Waals surface area contributed by atoms with Crippen molar-refractivity contribution in [1.29, 1.82) is 0 Å². The van der Waals surface area contributed by atoms with Crippen LogP contribution in [0.2, 0.25) is 0 Å². The van der Waals surface area contributed by atoms with Crippen molar-refractivity contribution in [2.75, 3.05) is 6.54 Å². The van der Waals surface area contributed by atoms with Gasteiger partial charge in [-0.2, -0.15) is 0 Å². The lowest BCUT2D eigenvalue weighted by Gasteiger charge is -2.16. The van der Waals surface area contributed by atoms with Gasteiger partial charge < -0.3 is 19.6 Å². The molecule has 0 aliphatic carbocycles. The lowest BCUT2D eigenvalue weighted by Crippen LogP contribution is -2.23. The van der Waals surface area contributed by atoms with Crippen LogP contribution in [0.15, 0.2) is 53.5 Å². The average molecular weight is 433 g/mol. The SMILES string of the molecule is CCNC(=O)c1cc2c(-c3ccccc3Oc3c(C)cc(F)cc3C)cn(C)c(=O)c2[nH]1. The average Bonchev–Trinajstić information content (AvgIpc) is 3.20. The number of aromatic nitrogens is 2. The van der Waals surface area contributed by atoms with Gasteiger partial charge in [0.15, 0.2) is 0 Å². The number of aryl methyl sites for hydroxylation is 3. The van der Waals surface area contributed by atoms with Gasteiger partial charge in [0.1, 0.15) is 28.5 Å². The van der Waals surface area contributed by atoms with Gasteiger partial charge in [0.05, 0.1) is 0 Å². The molecule has 4 rings (SSSR count). The van der Waals surface area contributed by atoms with E-state index in [9.17, 15) is 14.0 Å². The van der Waals surface area contributed by atoms with Crippen molar-refractivity contribution in [3.8, 4) is 22.6 Å². The highest BCUT2D eigenvalue weighted by atomic mass is 19.1. The highest BCUT2D eigenvalue weighted by molar-refractivity contribution is 6.03. The van der Waals surface area contributed by atoms with E-state index in [-0.39, 0.29) is 17.3 Å². The molecule has 32 heavy (non-hydrogen) atoms. The molecule has 0 saturated carbocycles. The Morgan fingerprint density at radius 2 is 1.81 bits per heavy atom. The van der Waals surface area contributed by atoms with Crippen LogP contribution in [-0.2, 0) is 7.05 Å². The van der Waals surface area contributed by atoms with Crippen molar-refractivity contribution in [3.05, 3.63) is 81.7 Å². The van der Waals surface area contributed by atoms with E-state index in [1.165, 1.54) is 16.7 Å². The Hall–Kier alpha value is -3.87. The number of nitrogens with one attached hydrogen (secondary N) is 2. The van der Waals surface area contributed by atoms with Crippen LogP contribution in [0.3, 0.4) is 0 Å². The van der Waals surface area contributed by atoms with Gasteiger partial charge in [0, 0.05) is 36.3 Å². The second kappa shape index (κ2) is 8.34. The number of ether oxygens (including phenoxy) is 1. The van der Waals surface area contributed by atoms with Gasteiger partial charge in [0.2, 0.25) is 0 Å². The number of halogens is 1. The fraction of sp³-hybridized carbons (Fsp3) is 0.200. The maximum absolute atomic E-state index is 13.7. The highest BCUT2D eigenvalue weighted by Gasteiger charge is 2.19. The lowest BCUT2D eigenvalue weighted by molar-refractivity contribution is 0.0951. The van der Waals surface area contributed by atoms with Gasteiger partial charge in [-0.25, -0.2) is 4.39 Å². The zero-order chi connectivity index (χ0) is 23.0. The first-order valence-electron chi connectivity index (χ1n) is 10.3. The van der Waals surface area contributed by atoms with Crippen molar-refractivity contribution >= 4 is 16.8 Å². The van der Waals surface area contributed by atoms with Crippen LogP contribution >= 0.6 is 0 Å². The molecule has 2 aromatic carbocycles. The number of fused-ring (bicyclic) bond motifs is 1. The summed E-state index contributed by atoms with van der Waals surface area (Å²) in [6, 6.07) is 12.0. The summed E-state index contributed by atoms with van der Waals surface area (Å²) in [5.74, 6) is 0.549. The van der Waals surface area contributed by atoms with Gasteiger partial charge in [-0.15, -0.1) is 0 Å². The Bertz CT molecular complexity index is 1380. The zero-order valence-electron chi connectivity index (χ0n) is 18.4. The summed E-state index contributed by atoms with van der Waals surface area (Å²) in [5.41, 5.74) is 3.28. The third kappa shape index (κ3) is 3.77. The van der Waals surface area contributed by atoms with E-state index >= 15 is 0 Å². The number of hydrogen-bond donors (Lipinski definition) is 2. The zero-order valence-corrected chi connectivity index (χ0v) is 18.4. The molecule has 0 radical (unpaired) electrons. The van der Waals surface area contributed by atoms with E-state index in [1.807, 2.05) is 31.2 Å². The molecular formula is C25H24FN3O3. The van der Waals surface area contributed by atoms with Crippen molar-refractivity contribution in [3.63, 3.8) is 0 Å². The first-order valence-corrected chi connectivity index (χ1v) is 10.3. The molecule has 7 heteroatoms. The second-order valence-electron chi connectivity index (χ2n) is 7.76. The van der Waals surface area contributed by atoms with Crippen LogP contribution in [0.25, 0.3) is 22.0 Å². The molecule has 0 bridgehead atoms. The minimum atomic E-state index is -0.314. The molecule has 0 aliphatic heterocycles. The summed E-state index contributed by atoms with van der Waals surface area (Å²) >= 11 is 0. The summed E-state index contributed by atoms with van der Waals surface area (Å²) in [5, 5.41) is 3.37. The third-order valence-electron chi connectivity index (χ3n) is 5.36. The van der Waals surface area contributed by atoms with Crippen molar-refractivity contribution in [2.45, 2.75) is 20.8 Å². The minimum Gasteiger partial charge on any atom is -0.456 e. The fourth-order valence-electron chi connectivity index (χ4n) is 3.87. The van der Waals surface area contributed by atoms with Crippen LogP contribution in [-0.4, -0.2) is 22.0 Å². The number of carbonyl (C=O) groups excluding carboxylic acids is 1. The molecule has 1 amide bonds. The van der Waals surface area contributed by atoms with Gasteiger partial charge in [-0.05, 0) is 56.2 Å². The third-order valence-corrected chi connectivity index (χ3v) is 5.36. The fourth-order valence-corrected chi connectivity index (χ4v) is 3.87. The summed E-state index contributed by atoms with van der Waals surface area (Å²) in [7, 11) is 1.66. The number of carbonyl (C=O) groups is 1. The van der Waals surface area contributed by atoms with Gasteiger partial charge in [0.25, 0.3) is 11.5 Å². The van der Waals surface area contributed by atoms with Crippen LogP contribution in [0, 0.1) is 19.7 Å². The number of pyridine rings is 1. The number of rotatable bonds is 5. The standard InChI is InChI=1S/C25H24FN3O3/c1-5-27-24(30)20-12-18-19(13-29(4)25(31)22(18)28-20)17-8-6-7-9-21(17)32-23-14(2)10-16(26)11-15(23)3/h6-13,28H,5H2,1-4H3,(H,27,30). The molecule has 6 nitrogen and oxygen atoms in total. The van der Waals surface area contributed by atoms with Crippen LogP contribution in [0.5, 0.6) is 11.5 Å². The first kappa shape index (κ1) is 21.4. The van der Waals surface area contributed by atoms with Gasteiger partial charge in [-0.1, -0.05) is 18.2 Å². The molecule has 0 fully saturated rings. The quantitative estimate of drug-likeness (QED) is 0.473. The maximum Gasteiger partial charge on any atom is 0.274 e. The number of H-pyrrole nitrogens is 1. The van der Waals surface area contributed by atoms with E-state index < -0.39 is 0 Å². The Morgan fingerprint density at radius 3 is 2.50 bits per heavy atom. The van der Waals surface area contributed by atoms with Crippen LogP contribution in [0.1, 0.15) is 28.5 Å². The largest absolute Gasteiger partial charge is 0.456 e. The first-order chi connectivity index (χ1) is 15.3. The number of nitrogens with zero attached hydrogens (tertiary/aromatic N) is 1. The van der Waals surface area contributed by atoms with E-state index in [4.69, 9.17) is 4.74 Å². The van der Waals surface area contributed by atoms with E-state index in [0.29, 0.717) is 45.8 Å². The highest BCUT2D eigenvalue weighted by Crippen LogP contribution is 2.38. The number of para-hydroxylation sites is 1. The summed E-state index contributed by atoms with van der Waals surface area (Å²) in [6.07, 6.45) is 1.73. The van der Waals surface area contributed by atoms with Crippen LogP contribution < -0.4 is 15.6 Å². The number of hydrogen-bond acceptors (Lipinski definition) is 3. The molecule has 164 valence electrons. The van der Waals surface area contributed by atoms with Gasteiger partial charge in [-0.3, -0.25) is 9.59 Å². The number of amides is 1. The van der Waals surface area contributed by atoms with Crippen LogP contribution in [0.4, 0.5) is 4.39 Å². The molecule has 0 aliphatic rings. The molecule has 0 atom stereocenters. The molecule has 0 saturated heterocycles. The molecule has 4 aromatic rings. The molecule has 2 heterocycles. The maximum atomic E-state index is 13.7. The topological polar surface area (TPSA) is 76.1 Å². The van der Waals surface area contributed by atoms with E-state index in [0.717, 1.165) is 11.1 Å². The van der Waals surface area contributed by atoms with Crippen molar-refractivity contribution in [2.24, 2.45) is 7.05 Å². The van der Waals surface area contributed by atoms with Gasteiger partial charge >= 0.3 is 0 Å². The molecule has 2 N–H and O–H groups in total. The molecular weight excluding hydrogens is 409 g/mol. The van der Waals surface area contributed by atoms with E-state index in [1.54, 1.807) is 33.2 Å². The predicted octanol–water partition coefficient (Wildman–Crippen LogP) is 4.83. The van der Waals surface area contributed by atoms with E-state index in [2.05, 4.69) is 10.3 Å². The van der Waals surface area contributed by atoms with Crippen molar-refractivity contribution < 1.29 is 13.9 Å². The summed E-state index contributed by atoms with van der Waals surface area (Å²) < 4.78 is 21.5. The second-order valence-corrected chi connectivity index (χ2v) is 7.76. The smallest absolute Gasteiger partial charge is 0.274 e. The number of aromatic amines is 1. The number of benzene rings is 2. The Labute approximate surface area is 184 Å². The molecule has 2 aromatic heterocycles. The van der Waals surface area contributed by atoms with Crippen molar-refractivity contribution in [1.82, 2.24) is 14.9 Å². The normalized spacial score (nSPS) is 11.0. The molecule has 0 spiro atoms. The Kier molecular flexibility index (Phi) is 5.57. The molecule has 0 unspecified atom stereocenters. The Balaban J connectivity index is 1.90. The predicted molar refractivity (Wildman–Crippen MR) is 123 cm³/mol. The summed E-state index contributed by atoms with van der Waals surface area (Å²) in [6.45, 7) is 5.90. The monoisotopic (exact) mass is 433 g/mol. The summed E-state index contributed by atoms with van der Waals surface area (Å²) in [4.78, 5) is 28.1. The minimum absolute atomic E-state index is 0.233. The lowest BCUT2D eigenvalue weighted by atomic mass is 10.0. The Morgan fingerprint density at radius 1 is 1.12 bits per heavy atom.